The highest BCUT2D eigenvalue weighted by atomic mass is 16.4. The number of carboxylic acids is 1. The Bertz CT molecular complexity index is 901. The van der Waals surface area contributed by atoms with E-state index in [4.69, 9.17) is 17.2 Å². The minimum absolute atomic E-state index is 0.0115. The van der Waals surface area contributed by atoms with Crippen LogP contribution in [0.25, 0.3) is 0 Å². The summed E-state index contributed by atoms with van der Waals surface area (Å²) in [6.45, 7) is 5.46. The number of hydrogen-bond acceptors (Lipinski definition) is 6. The summed E-state index contributed by atoms with van der Waals surface area (Å²) >= 11 is 0. The van der Waals surface area contributed by atoms with Crippen molar-refractivity contribution >= 4 is 29.7 Å². The smallest absolute Gasteiger partial charge is 0.326 e. The van der Waals surface area contributed by atoms with Crippen LogP contribution in [0.2, 0.25) is 0 Å². The van der Waals surface area contributed by atoms with Crippen LogP contribution in [0.5, 0.6) is 0 Å². The molecular formula is C24H39N7O5. The summed E-state index contributed by atoms with van der Waals surface area (Å²) in [5.74, 6) is -3.03. The largest absolute Gasteiger partial charge is 0.480 e. The zero-order valence-electron chi connectivity index (χ0n) is 21.1. The van der Waals surface area contributed by atoms with Gasteiger partial charge in [0.1, 0.15) is 18.1 Å². The van der Waals surface area contributed by atoms with E-state index < -0.39 is 47.9 Å². The Morgan fingerprint density at radius 2 is 1.44 bits per heavy atom. The van der Waals surface area contributed by atoms with Gasteiger partial charge >= 0.3 is 5.97 Å². The lowest BCUT2D eigenvalue weighted by molar-refractivity contribution is -0.142. The zero-order valence-corrected chi connectivity index (χ0v) is 21.1. The summed E-state index contributed by atoms with van der Waals surface area (Å²) in [4.78, 5) is 53.9. The van der Waals surface area contributed by atoms with Crippen molar-refractivity contribution in [3.05, 3.63) is 35.9 Å². The number of nitrogens with one attached hydrogen (secondary N) is 3. The van der Waals surface area contributed by atoms with Crippen LogP contribution in [0.4, 0.5) is 0 Å². The molecule has 0 heterocycles. The summed E-state index contributed by atoms with van der Waals surface area (Å²) in [6, 6.07) is 5.08. The summed E-state index contributed by atoms with van der Waals surface area (Å²) in [5, 5.41) is 17.3. The molecule has 0 aliphatic heterocycles. The average Bonchev–Trinajstić information content (AvgIpc) is 2.79. The molecule has 0 saturated carbocycles. The Balaban J connectivity index is 2.99. The van der Waals surface area contributed by atoms with Crippen LogP contribution in [0.3, 0.4) is 0 Å². The first-order valence-corrected chi connectivity index (χ1v) is 11.9. The van der Waals surface area contributed by atoms with Crippen LogP contribution in [0.15, 0.2) is 35.3 Å². The Morgan fingerprint density at radius 3 is 1.97 bits per heavy atom. The standard InChI is InChI=1S/C24H39N7O5/c1-14(2)12-18(21(33)29-17(23(35)36)10-7-11-28-24(26)27)31-22(34)19(30-20(32)15(3)25)13-16-8-5-4-6-9-16/h4-6,8-9,14-15,17-19H,7,10-13,25H2,1-3H3,(H,29,33)(H,30,32)(H,31,34)(H,35,36)(H4,26,27,28)/t15-,17-,18-,19?/m0/s1. The first-order valence-electron chi connectivity index (χ1n) is 11.9. The van der Waals surface area contributed by atoms with Crippen molar-refractivity contribution in [3.8, 4) is 0 Å². The lowest BCUT2D eigenvalue weighted by Crippen LogP contribution is -2.57. The molecule has 1 unspecified atom stereocenters. The third-order valence-electron chi connectivity index (χ3n) is 5.23. The van der Waals surface area contributed by atoms with Crippen LogP contribution in [-0.4, -0.2) is 65.5 Å². The molecule has 3 amide bonds. The number of carbonyl (C=O) groups excluding carboxylic acids is 3. The summed E-state index contributed by atoms with van der Waals surface area (Å²) in [6.07, 6.45) is 0.876. The van der Waals surface area contributed by atoms with Crippen LogP contribution in [0.1, 0.15) is 45.6 Å². The van der Waals surface area contributed by atoms with E-state index in [2.05, 4.69) is 20.9 Å². The Kier molecular flexibility index (Phi) is 12.9. The van der Waals surface area contributed by atoms with E-state index >= 15 is 0 Å². The fourth-order valence-electron chi connectivity index (χ4n) is 3.37. The van der Waals surface area contributed by atoms with Crippen molar-refractivity contribution in [1.82, 2.24) is 16.0 Å². The van der Waals surface area contributed by atoms with E-state index in [1.165, 1.54) is 6.92 Å². The molecule has 12 heteroatoms. The molecule has 0 bridgehead atoms. The zero-order chi connectivity index (χ0) is 27.3. The molecule has 0 aromatic heterocycles. The molecule has 0 radical (unpaired) electrons. The molecular weight excluding hydrogens is 466 g/mol. The van der Waals surface area contributed by atoms with Gasteiger partial charge in [-0.25, -0.2) is 4.79 Å². The van der Waals surface area contributed by atoms with Crippen LogP contribution in [0, 0.1) is 5.92 Å². The van der Waals surface area contributed by atoms with Gasteiger partial charge < -0.3 is 38.3 Å². The first-order chi connectivity index (χ1) is 16.9. The highest BCUT2D eigenvalue weighted by Crippen LogP contribution is 2.09. The SMILES string of the molecule is CC(C)C[C@H](NC(=O)C(Cc1ccccc1)NC(=O)[C@H](C)N)C(=O)N[C@@H](CCCN=C(N)N)C(=O)O. The molecule has 1 rings (SSSR count). The number of aliphatic carboxylic acids is 1. The minimum atomic E-state index is -1.21. The van der Waals surface area contributed by atoms with Crippen LogP contribution in [-0.2, 0) is 25.6 Å². The van der Waals surface area contributed by atoms with Crippen LogP contribution < -0.4 is 33.2 Å². The normalized spacial score (nSPS) is 14.1. The fourth-order valence-corrected chi connectivity index (χ4v) is 3.37. The number of carbonyl (C=O) groups is 4. The van der Waals surface area contributed by atoms with Crippen molar-refractivity contribution in [2.45, 2.75) is 70.6 Å². The molecule has 4 atom stereocenters. The molecule has 1 aromatic carbocycles. The molecule has 0 aliphatic rings. The molecule has 0 aliphatic carbocycles. The molecule has 0 spiro atoms. The van der Waals surface area contributed by atoms with Crippen molar-refractivity contribution in [1.29, 1.82) is 0 Å². The Hall–Kier alpha value is -3.67. The number of hydrogen-bond donors (Lipinski definition) is 7. The highest BCUT2D eigenvalue weighted by Gasteiger charge is 2.30. The van der Waals surface area contributed by atoms with E-state index in [-0.39, 0.29) is 37.7 Å². The quantitative estimate of drug-likeness (QED) is 0.0908. The topological polar surface area (TPSA) is 215 Å². The van der Waals surface area contributed by atoms with E-state index in [9.17, 15) is 24.3 Å². The fraction of sp³-hybridized carbons (Fsp3) is 0.542. The third-order valence-corrected chi connectivity index (χ3v) is 5.23. The Morgan fingerprint density at radius 1 is 0.889 bits per heavy atom. The minimum Gasteiger partial charge on any atom is -0.480 e. The van der Waals surface area contributed by atoms with Crippen molar-refractivity contribution < 1.29 is 24.3 Å². The lowest BCUT2D eigenvalue weighted by atomic mass is 10.0. The summed E-state index contributed by atoms with van der Waals surface area (Å²) in [5.41, 5.74) is 17.0. The number of amides is 3. The van der Waals surface area contributed by atoms with E-state index in [1.807, 2.05) is 44.2 Å². The first kappa shape index (κ1) is 30.4. The number of carboxylic acid groups (broad SMARTS) is 1. The molecule has 0 fully saturated rings. The molecule has 200 valence electrons. The summed E-state index contributed by atoms with van der Waals surface area (Å²) < 4.78 is 0. The third kappa shape index (κ3) is 11.6. The van der Waals surface area contributed by atoms with Gasteiger partial charge in [-0.2, -0.15) is 0 Å². The maximum absolute atomic E-state index is 13.2. The second kappa shape index (κ2) is 15.4. The predicted molar refractivity (Wildman–Crippen MR) is 137 cm³/mol. The number of nitrogens with two attached hydrogens (primary N) is 3. The van der Waals surface area contributed by atoms with E-state index in [1.54, 1.807) is 0 Å². The van der Waals surface area contributed by atoms with Gasteiger partial charge in [0.15, 0.2) is 5.96 Å². The van der Waals surface area contributed by atoms with Gasteiger partial charge in [0.2, 0.25) is 17.7 Å². The van der Waals surface area contributed by atoms with Crippen molar-refractivity contribution in [2.75, 3.05) is 6.54 Å². The van der Waals surface area contributed by atoms with Crippen molar-refractivity contribution in [2.24, 2.45) is 28.1 Å². The maximum atomic E-state index is 13.2. The van der Waals surface area contributed by atoms with Gasteiger partial charge in [-0.1, -0.05) is 44.2 Å². The van der Waals surface area contributed by atoms with Gasteiger partial charge in [-0.15, -0.1) is 0 Å². The number of rotatable bonds is 15. The van der Waals surface area contributed by atoms with Gasteiger partial charge in [-0.05, 0) is 37.7 Å². The molecule has 36 heavy (non-hydrogen) atoms. The molecule has 12 nitrogen and oxygen atoms in total. The monoisotopic (exact) mass is 505 g/mol. The van der Waals surface area contributed by atoms with Gasteiger partial charge in [0, 0.05) is 13.0 Å². The summed E-state index contributed by atoms with van der Waals surface area (Å²) in [7, 11) is 0. The average molecular weight is 506 g/mol. The highest BCUT2D eigenvalue weighted by molar-refractivity contribution is 5.94. The second-order valence-electron chi connectivity index (χ2n) is 9.08. The number of benzene rings is 1. The molecule has 10 N–H and O–H groups in total. The van der Waals surface area contributed by atoms with Crippen LogP contribution >= 0.6 is 0 Å². The maximum Gasteiger partial charge on any atom is 0.326 e. The number of aliphatic imine (C=N–C) groups is 1. The van der Waals surface area contributed by atoms with Gasteiger partial charge in [0.25, 0.3) is 0 Å². The second-order valence-corrected chi connectivity index (χ2v) is 9.08. The van der Waals surface area contributed by atoms with E-state index in [0.29, 0.717) is 6.42 Å². The van der Waals surface area contributed by atoms with E-state index in [0.717, 1.165) is 5.56 Å². The Labute approximate surface area is 211 Å². The lowest BCUT2D eigenvalue weighted by Gasteiger charge is -2.26. The van der Waals surface area contributed by atoms with Gasteiger partial charge in [0.05, 0.1) is 6.04 Å². The molecule has 0 saturated heterocycles. The molecule has 1 aromatic rings. The van der Waals surface area contributed by atoms with Crippen molar-refractivity contribution in [3.63, 3.8) is 0 Å². The predicted octanol–water partition coefficient (Wildman–Crippen LogP) is -0.785. The number of guanidine groups is 1. The van der Waals surface area contributed by atoms with Gasteiger partial charge in [-0.3, -0.25) is 19.4 Å². The number of nitrogens with zero attached hydrogens (tertiary/aromatic N) is 1.